The number of nitrogens with one attached hydrogen (secondary N) is 6. The number of thiophene rings is 2. The van der Waals surface area contributed by atoms with Gasteiger partial charge in [0.25, 0.3) is 0 Å². The van der Waals surface area contributed by atoms with E-state index in [9.17, 15) is 43.5 Å². The van der Waals surface area contributed by atoms with Crippen molar-refractivity contribution < 1.29 is 43.5 Å². The first-order chi connectivity index (χ1) is 34.5. The fraction of sp³-hybridized carbons (Fsp3) is 0.468. The molecule has 6 heterocycles. The second kappa shape index (κ2) is 23.2. The number of rotatable bonds is 8. The standard InChI is InChI=1S/C47H56BrClN12O9S3/c1-21-22(2)72-46-37(21)38(24-7-9-25(49)10-8-24)54-28(41-59-58-23(3)61(41)46)15-34(63)51-16-30-43(68)56-31(40(50)66)19-71-20-36(65)57-39(47(4,5)6)45(70)60-18-26(62)13-32(60)44(69)55-29(14-27-11-12-33(48)73-27)42(67)52-17-35(64)53-30/h7-12,26,28-32,39,62H,13-20H2,1-6H3,(H2,50,66)(H,51,63)(H,52,67)(H,53,64)(H,55,69)(H,56,68)(H,57,65)/t26-,28+,29-,30-,31-,32+,39-/m1/s1. The van der Waals surface area contributed by atoms with Gasteiger partial charge in [0.05, 0.1) is 34.3 Å². The summed E-state index contributed by atoms with van der Waals surface area (Å²) in [7, 11) is 0. The normalized spacial score (nSPS) is 23.8. The Bertz CT molecular complexity index is 2850. The van der Waals surface area contributed by atoms with Crippen molar-refractivity contribution in [3.63, 3.8) is 0 Å². The summed E-state index contributed by atoms with van der Waals surface area (Å²) in [5.74, 6) is -5.71. The average Bonchev–Trinajstić information content (AvgIpc) is 4.09. The fourth-order valence-corrected chi connectivity index (χ4v) is 12.3. The molecule has 8 amide bonds. The molecule has 0 saturated carbocycles. The molecule has 26 heteroatoms. The molecule has 3 aliphatic rings. The predicted molar refractivity (Wildman–Crippen MR) is 279 cm³/mol. The smallest absolute Gasteiger partial charge is 0.246 e. The molecule has 7 rings (SSSR count). The first-order valence-electron chi connectivity index (χ1n) is 23.2. The van der Waals surface area contributed by atoms with Crippen LogP contribution in [0.4, 0.5) is 0 Å². The van der Waals surface area contributed by atoms with Gasteiger partial charge < -0.3 is 47.6 Å². The van der Waals surface area contributed by atoms with E-state index < -0.39 is 108 Å². The highest BCUT2D eigenvalue weighted by atomic mass is 79.9. The van der Waals surface area contributed by atoms with Crippen molar-refractivity contribution in [3.8, 4) is 5.00 Å². The van der Waals surface area contributed by atoms with Crippen molar-refractivity contribution in [3.05, 3.63) is 83.3 Å². The summed E-state index contributed by atoms with van der Waals surface area (Å²) in [5, 5.41) is 36.6. The molecule has 73 heavy (non-hydrogen) atoms. The lowest BCUT2D eigenvalue weighted by Gasteiger charge is -2.35. The number of nitrogens with zero attached hydrogens (tertiary/aromatic N) is 5. The van der Waals surface area contributed by atoms with Crippen LogP contribution in [0.15, 0.2) is 45.2 Å². The summed E-state index contributed by atoms with van der Waals surface area (Å²) in [6.07, 6.45) is -1.55. The SMILES string of the molecule is Cc1sc2c(c1C)C(c1ccc(Cl)cc1)=N[C@@H](CC(=O)NC[C@H]1NC(=O)CNC(=O)[C@@H](Cc3ccc(Br)s3)NC(=O)[C@@H]3C[C@@H](O)CN3C(=O)[C@H](C(C)(C)C)NC(=O)CSC[C@H](C(N)=O)NC1=O)c1nnc(C)n1-2. The number of aliphatic hydroxyl groups is 1. The molecule has 9 N–H and O–H groups in total. The number of thioether (sulfide) groups is 1. The van der Waals surface area contributed by atoms with Crippen LogP contribution in [-0.2, 0) is 44.8 Å². The first kappa shape index (κ1) is 55.0. The van der Waals surface area contributed by atoms with Gasteiger partial charge in [0, 0.05) is 57.6 Å². The highest BCUT2D eigenvalue weighted by molar-refractivity contribution is 9.11. The van der Waals surface area contributed by atoms with Gasteiger partial charge in [0.1, 0.15) is 47.1 Å². The Morgan fingerprint density at radius 3 is 2.32 bits per heavy atom. The van der Waals surface area contributed by atoms with Crippen LogP contribution in [0.1, 0.15) is 77.7 Å². The van der Waals surface area contributed by atoms with E-state index in [1.807, 2.05) is 30.5 Å². The number of aryl methyl sites for hydroxylation is 2. The van der Waals surface area contributed by atoms with Crippen LogP contribution in [0.5, 0.6) is 0 Å². The van der Waals surface area contributed by atoms with E-state index in [1.54, 1.807) is 52.0 Å². The topological polar surface area (TPSA) is 301 Å². The van der Waals surface area contributed by atoms with Crippen molar-refractivity contribution in [2.45, 2.75) is 103 Å². The number of amides is 8. The molecule has 4 aromatic rings. The van der Waals surface area contributed by atoms with E-state index in [0.717, 1.165) is 42.1 Å². The Morgan fingerprint density at radius 2 is 1.64 bits per heavy atom. The maximum absolute atomic E-state index is 14.2. The molecule has 21 nitrogen and oxygen atoms in total. The fourth-order valence-electron chi connectivity index (χ4n) is 8.54. The molecule has 0 bridgehead atoms. The molecule has 1 aromatic carbocycles. The Morgan fingerprint density at radius 1 is 0.918 bits per heavy atom. The van der Waals surface area contributed by atoms with E-state index in [0.29, 0.717) is 27.3 Å². The molecule has 0 aliphatic carbocycles. The van der Waals surface area contributed by atoms with Crippen molar-refractivity contribution >= 4 is 115 Å². The molecule has 3 aliphatic heterocycles. The van der Waals surface area contributed by atoms with E-state index in [1.165, 1.54) is 27.6 Å². The minimum absolute atomic E-state index is 0.0296. The van der Waals surface area contributed by atoms with E-state index in [-0.39, 0.29) is 37.3 Å². The van der Waals surface area contributed by atoms with E-state index >= 15 is 0 Å². The molecule has 0 spiro atoms. The lowest BCUT2D eigenvalue weighted by Crippen LogP contribution is -2.59. The Hall–Kier alpha value is -5.73. The number of carbonyl (C=O) groups excluding carboxylic acids is 8. The zero-order valence-corrected chi connectivity index (χ0v) is 45.5. The largest absolute Gasteiger partial charge is 0.391 e. The van der Waals surface area contributed by atoms with Gasteiger partial charge in [0.2, 0.25) is 47.3 Å². The summed E-state index contributed by atoms with van der Waals surface area (Å²) in [4.78, 5) is 118. The number of aliphatic hydroxyl groups excluding tert-OH is 1. The zero-order chi connectivity index (χ0) is 53.1. The molecule has 390 valence electrons. The van der Waals surface area contributed by atoms with Crippen LogP contribution in [0.2, 0.25) is 5.02 Å². The molecule has 0 radical (unpaired) electrons. The Kier molecular flexibility index (Phi) is 17.5. The third-order valence-electron chi connectivity index (χ3n) is 12.4. The molecule has 3 aromatic heterocycles. The number of hydrogen-bond acceptors (Lipinski definition) is 15. The van der Waals surface area contributed by atoms with Gasteiger partial charge >= 0.3 is 0 Å². The highest BCUT2D eigenvalue weighted by Crippen LogP contribution is 2.40. The van der Waals surface area contributed by atoms with Crippen molar-refractivity contribution in [2.24, 2.45) is 16.1 Å². The summed E-state index contributed by atoms with van der Waals surface area (Å²) < 4.78 is 2.63. The number of carbonyl (C=O) groups is 8. The Labute approximate surface area is 446 Å². The number of nitrogens with two attached hydrogens (primary N) is 1. The molecule has 7 atom stereocenters. The average molecular weight is 1140 g/mol. The van der Waals surface area contributed by atoms with E-state index in [2.05, 4.69) is 58.0 Å². The van der Waals surface area contributed by atoms with Gasteiger partial charge in [-0.3, -0.25) is 47.9 Å². The van der Waals surface area contributed by atoms with Crippen molar-refractivity contribution in [1.82, 2.24) is 51.6 Å². The number of benzene rings is 1. The second-order valence-corrected chi connectivity index (χ2v) is 24.2. The lowest BCUT2D eigenvalue weighted by molar-refractivity contribution is -0.144. The first-order valence-corrected chi connectivity index (χ1v) is 27.1. The van der Waals surface area contributed by atoms with Crippen LogP contribution >= 0.6 is 62.0 Å². The number of hydrogen-bond donors (Lipinski definition) is 8. The molecular weight excluding hydrogens is 1090 g/mol. The quantitative estimate of drug-likeness (QED) is 0.125. The van der Waals surface area contributed by atoms with Crippen LogP contribution in [0.25, 0.3) is 5.00 Å². The number of aliphatic imine (C=N–C) groups is 1. The summed E-state index contributed by atoms with van der Waals surface area (Å²) >= 11 is 13.5. The van der Waals surface area contributed by atoms with Crippen LogP contribution in [0, 0.1) is 26.2 Å². The zero-order valence-electron chi connectivity index (χ0n) is 40.7. The van der Waals surface area contributed by atoms with Gasteiger partial charge in [-0.25, -0.2) is 0 Å². The van der Waals surface area contributed by atoms with Gasteiger partial charge in [0.15, 0.2) is 5.82 Å². The lowest BCUT2D eigenvalue weighted by atomic mass is 9.85. The number of halogens is 2. The maximum atomic E-state index is 14.2. The minimum atomic E-state index is -1.55. The molecule has 0 unspecified atom stereocenters. The predicted octanol–water partition coefficient (Wildman–Crippen LogP) is 1.67. The maximum Gasteiger partial charge on any atom is 0.246 e. The Balaban J connectivity index is 1.15. The highest BCUT2D eigenvalue weighted by Gasteiger charge is 2.45. The van der Waals surface area contributed by atoms with Crippen molar-refractivity contribution in [2.75, 3.05) is 31.1 Å². The monoisotopic (exact) mass is 1140 g/mol. The molecule has 2 saturated heterocycles. The minimum Gasteiger partial charge on any atom is -0.391 e. The summed E-state index contributed by atoms with van der Waals surface area (Å²) in [5.41, 5.74) is 8.03. The molecular formula is C47H56BrClN12O9S3. The van der Waals surface area contributed by atoms with Crippen molar-refractivity contribution in [1.29, 1.82) is 0 Å². The van der Waals surface area contributed by atoms with Crippen LogP contribution in [-0.4, -0.2) is 145 Å². The molecule has 2 fully saturated rings. The second-order valence-electron chi connectivity index (χ2n) is 19.0. The van der Waals surface area contributed by atoms with Gasteiger partial charge in [-0.2, -0.15) is 0 Å². The summed E-state index contributed by atoms with van der Waals surface area (Å²) in [6.45, 7) is 9.52. The van der Waals surface area contributed by atoms with Crippen LogP contribution in [0.3, 0.4) is 0 Å². The summed E-state index contributed by atoms with van der Waals surface area (Å²) in [6, 6.07) is 3.16. The van der Waals surface area contributed by atoms with Gasteiger partial charge in [-0.05, 0) is 71.9 Å². The number of primary amides is 1. The third-order valence-corrected chi connectivity index (χ3v) is 16.6. The van der Waals surface area contributed by atoms with Gasteiger partial charge in [-0.1, -0.05) is 44.5 Å². The van der Waals surface area contributed by atoms with E-state index in [4.69, 9.17) is 22.3 Å². The number of aromatic nitrogens is 3. The number of fused-ring (bicyclic) bond motifs is 4. The third kappa shape index (κ3) is 13.2. The van der Waals surface area contributed by atoms with Crippen LogP contribution < -0.4 is 37.6 Å². The van der Waals surface area contributed by atoms with Gasteiger partial charge in [-0.15, -0.1) is 44.6 Å².